The smallest absolute Gasteiger partial charge is 0.348 e. The van der Waals surface area contributed by atoms with Crippen molar-refractivity contribution in [1.82, 2.24) is 0 Å². The van der Waals surface area contributed by atoms with Crippen LogP contribution in [0.15, 0.2) is 0 Å². The van der Waals surface area contributed by atoms with Crippen molar-refractivity contribution in [2.45, 2.75) is 20.3 Å². The van der Waals surface area contributed by atoms with Gasteiger partial charge in [0.2, 0.25) is 0 Å². The Hall–Kier alpha value is -1.56. The normalized spacial score (nSPS) is 10.1. The highest BCUT2D eigenvalue weighted by Crippen LogP contribution is 2.32. The van der Waals surface area contributed by atoms with Gasteiger partial charge in [-0.1, -0.05) is 6.92 Å². The van der Waals surface area contributed by atoms with Gasteiger partial charge in [-0.3, -0.25) is 0 Å². The van der Waals surface area contributed by atoms with Gasteiger partial charge in [-0.05, 0) is 18.9 Å². The molecule has 0 amide bonds. The Labute approximate surface area is 104 Å². The van der Waals surface area contributed by atoms with Gasteiger partial charge < -0.3 is 15.2 Å². The zero-order valence-electron chi connectivity index (χ0n) is 10.0. The minimum Gasteiger partial charge on any atom is -0.465 e. The van der Waals surface area contributed by atoms with E-state index in [9.17, 15) is 9.59 Å². The second kappa shape index (κ2) is 5.67. The average Bonchev–Trinajstić information content (AvgIpc) is 2.65. The number of carbonyl (C=O) groups is 2. The van der Waals surface area contributed by atoms with E-state index in [0.29, 0.717) is 27.4 Å². The molecule has 5 nitrogen and oxygen atoms in total. The summed E-state index contributed by atoms with van der Waals surface area (Å²) in [6.45, 7) is 3.83. The first kappa shape index (κ1) is 13.5. The molecule has 6 heteroatoms. The molecule has 0 fully saturated rings. The number of rotatable bonds is 4. The Morgan fingerprint density at radius 1 is 1.29 bits per heavy atom. The van der Waals surface area contributed by atoms with Crippen LogP contribution >= 0.6 is 11.3 Å². The quantitative estimate of drug-likeness (QED) is 0.833. The molecule has 0 radical (unpaired) electrons. The molecule has 0 spiro atoms. The first-order valence-electron chi connectivity index (χ1n) is 5.23. The zero-order valence-corrected chi connectivity index (χ0v) is 10.8. The molecule has 0 unspecified atom stereocenters. The third kappa shape index (κ3) is 2.58. The molecule has 1 heterocycles. The summed E-state index contributed by atoms with van der Waals surface area (Å²) in [5.41, 5.74) is 6.64. The van der Waals surface area contributed by atoms with E-state index in [1.54, 1.807) is 6.92 Å². The summed E-state index contributed by atoms with van der Waals surface area (Å²) in [6, 6.07) is 0. The van der Waals surface area contributed by atoms with Gasteiger partial charge in [-0.25, -0.2) is 9.59 Å². The number of thiophene rings is 1. The van der Waals surface area contributed by atoms with Gasteiger partial charge in [-0.2, -0.15) is 0 Å². The number of nitrogens with two attached hydrogens (primary N) is 1. The number of carbonyl (C=O) groups excluding carboxylic acids is 2. The summed E-state index contributed by atoms with van der Waals surface area (Å²) in [4.78, 5) is 23.6. The fraction of sp³-hybridized carbons (Fsp3) is 0.455. The van der Waals surface area contributed by atoms with Crippen LogP contribution in [0, 0.1) is 0 Å². The summed E-state index contributed by atoms with van der Waals surface area (Å²) in [7, 11) is 1.29. The van der Waals surface area contributed by atoms with E-state index in [1.165, 1.54) is 7.11 Å². The third-order valence-corrected chi connectivity index (χ3v) is 3.28. The first-order valence-corrected chi connectivity index (χ1v) is 6.04. The Bertz CT molecular complexity index is 439. The number of anilines is 1. The molecule has 0 aliphatic rings. The van der Waals surface area contributed by atoms with Crippen LogP contribution in [0.5, 0.6) is 0 Å². The Morgan fingerprint density at radius 2 is 1.94 bits per heavy atom. The maximum Gasteiger partial charge on any atom is 0.348 e. The maximum absolute atomic E-state index is 11.7. The van der Waals surface area contributed by atoms with Crippen molar-refractivity contribution < 1.29 is 19.1 Å². The van der Waals surface area contributed by atoms with Gasteiger partial charge in [0.05, 0.1) is 19.3 Å². The maximum atomic E-state index is 11.7. The van der Waals surface area contributed by atoms with Gasteiger partial charge >= 0.3 is 11.9 Å². The lowest BCUT2D eigenvalue weighted by molar-refractivity contribution is 0.0527. The van der Waals surface area contributed by atoms with Crippen molar-refractivity contribution in [2.24, 2.45) is 0 Å². The van der Waals surface area contributed by atoms with Gasteiger partial charge in [0.1, 0.15) is 9.88 Å². The Kier molecular flexibility index (Phi) is 4.51. The van der Waals surface area contributed by atoms with E-state index in [-0.39, 0.29) is 6.61 Å². The van der Waals surface area contributed by atoms with Crippen LogP contribution in [0.25, 0.3) is 0 Å². The van der Waals surface area contributed by atoms with Crippen LogP contribution in [0.1, 0.15) is 39.4 Å². The molecule has 1 rings (SSSR count). The highest BCUT2D eigenvalue weighted by atomic mass is 32.1. The highest BCUT2D eigenvalue weighted by molar-refractivity contribution is 7.18. The fourth-order valence-corrected chi connectivity index (χ4v) is 2.57. The Morgan fingerprint density at radius 3 is 2.41 bits per heavy atom. The van der Waals surface area contributed by atoms with Crippen LogP contribution in [0.4, 0.5) is 5.00 Å². The topological polar surface area (TPSA) is 78.6 Å². The number of esters is 2. The van der Waals surface area contributed by atoms with Crippen LogP contribution in [-0.2, 0) is 15.9 Å². The first-order chi connectivity index (χ1) is 8.06. The summed E-state index contributed by atoms with van der Waals surface area (Å²) < 4.78 is 9.56. The van der Waals surface area contributed by atoms with Crippen LogP contribution in [-0.4, -0.2) is 25.7 Å². The number of ether oxygens (including phenoxy) is 2. The molecule has 2 N–H and O–H groups in total. The van der Waals surface area contributed by atoms with Gasteiger partial charge in [0.15, 0.2) is 0 Å². The second-order valence-corrected chi connectivity index (χ2v) is 4.27. The van der Waals surface area contributed by atoms with E-state index in [1.807, 2.05) is 6.92 Å². The molecular formula is C11H15NO4S. The molecule has 0 saturated carbocycles. The minimum atomic E-state index is -0.492. The van der Waals surface area contributed by atoms with E-state index >= 15 is 0 Å². The van der Waals surface area contributed by atoms with Crippen molar-refractivity contribution in [3.8, 4) is 0 Å². The predicted octanol–water partition coefficient (Wildman–Crippen LogP) is 1.86. The molecule has 94 valence electrons. The van der Waals surface area contributed by atoms with E-state index in [4.69, 9.17) is 10.5 Å². The van der Waals surface area contributed by atoms with Gasteiger partial charge in [-0.15, -0.1) is 11.3 Å². The predicted molar refractivity (Wildman–Crippen MR) is 65.4 cm³/mol. The van der Waals surface area contributed by atoms with Crippen molar-refractivity contribution in [1.29, 1.82) is 0 Å². The van der Waals surface area contributed by atoms with Gasteiger partial charge in [0.25, 0.3) is 0 Å². The lowest BCUT2D eigenvalue weighted by Crippen LogP contribution is -2.10. The molecule has 1 aromatic heterocycles. The molecule has 0 saturated heterocycles. The number of hydrogen-bond donors (Lipinski definition) is 1. The molecule has 1 aromatic rings. The number of nitrogen functional groups attached to an aromatic ring is 1. The molecule has 0 bridgehead atoms. The van der Waals surface area contributed by atoms with Crippen molar-refractivity contribution in [2.75, 3.05) is 19.5 Å². The van der Waals surface area contributed by atoms with Crippen molar-refractivity contribution in [3.63, 3.8) is 0 Å². The van der Waals surface area contributed by atoms with Crippen LogP contribution < -0.4 is 5.73 Å². The Balaban J connectivity index is 3.26. The van der Waals surface area contributed by atoms with E-state index < -0.39 is 11.9 Å². The zero-order chi connectivity index (χ0) is 13.0. The van der Waals surface area contributed by atoms with Crippen LogP contribution in [0.3, 0.4) is 0 Å². The van der Waals surface area contributed by atoms with Crippen molar-refractivity contribution in [3.05, 3.63) is 16.0 Å². The van der Waals surface area contributed by atoms with Gasteiger partial charge in [0, 0.05) is 0 Å². The summed E-state index contributed by atoms with van der Waals surface area (Å²) >= 11 is 1.05. The lowest BCUT2D eigenvalue weighted by Gasteiger charge is -2.04. The average molecular weight is 257 g/mol. The molecule has 17 heavy (non-hydrogen) atoms. The molecule has 0 aromatic carbocycles. The standard InChI is InChI=1S/C11H15NO4S/c1-4-6-7(10(13)16-5-2)9(12)17-8(6)11(14)15-3/h4-5,12H2,1-3H3. The fourth-order valence-electron chi connectivity index (χ4n) is 1.51. The highest BCUT2D eigenvalue weighted by Gasteiger charge is 2.25. The minimum absolute atomic E-state index is 0.269. The lowest BCUT2D eigenvalue weighted by atomic mass is 10.1. The van der Waals surface area contributed by atoms with Crippen LogP contribution in [0.2, 0.25) is 0 Å². The monoisotopic (exact) mass is 257 g/mol. The second-order valence-electron chi connectivity index (χ2n) is 3.21. The SMILES string of the molecule is CCOC(=O)c1c(N)sc(C(=O)OC)c1CC. The molecule has 0 aliphatic heterocycles. The molecule has 0 atom stereocenters. The van der Waals surface area contributed by atoms with E-state index in [0.717, 1.165) is 11.3 Å². The molecular weight excluding hydrogens is 242 g/mol. The number of hydrogen-bond acceptors (Lipinski definition) is 6. The van der Waals surface area contributed by atoms with Crippen molar-refractivity contribution >= 4 is 28.3 Å². The third-order valence-electron chi connectivity index (χ3n) is 2.24. The summed E-state index contributed by atoms with van der Waals surface area (Å²) in [5, 5.41) is 0.292. The summed E-state index contributed by atoms with van der Waals surface area (Å²) in [5.74, 6) is -0.970. The molecule has 0 aliphatic carbocycles. The van der Waals surface area contributed by atoms with E-state index in [2.05, 4.69) is 4.74 Å². The number of methoxy groups -OCH3 is 1. The largest absolute Gasteiger partial charge is 0.465 e. The summed E-state index contributed by atoms with van der Waals surface area (Å²) in [6.07, 6.45) is 0.520.